The lowest BCUT2D eigenvalue weighted by Crippen LogP contribution is -2.38. The van der Waals surface area contributed by atoms with E-state index in [0.717, 1.165) is 5.56 Å². The molecule has 0 radical (unpaired) electrons. The number of carbonyl (C=O) groups is 1. The van der Waals surface area contributed by atoms with E-state index in [9.17, 15) is 14.9 Å². The van der Waals surface area contributed by atoms with Crippen molar-refractivity contribution in [1.82, 2.24) is 5.17 Å². The molecule has 1 amide bonds. The van der Waals surface area contributed by atoms with Crippen LogP contribution >= 0.6 is 0 Å². The van der Waals surface area contributed by atoms with Gasteiger partial charge in [-0.25, -0.2) is 20.3 Å². The maximum Gasteiger partial charge on any atom is 0.437 e. The molecule has 1 rings (SSSR count). The van der Waals surface area contributed by atoms with Crippen LogP contribution in [0.5, 0.6) is 0 Å². The van der Waals surface area contributed by atoms with Gasteiger partial charge >= 0.3 is 11.2 Å². The average Bonchev–Trinajstić information content (AvgIpc) is 2.26. The molecule has 0 aliphatic carbocycles. The monoisotopic (exact) mass is 227 g/mol. The zero-order chi connectivity index (χ0) is 12.0. The number of amides is 1. The van der Waals surface area contributed by atoms with Gasteiger partial charge in [0.2, 0.25) is 0 Å². The summed E-state index contributed by atoms with van der Waals surface area (Å²) in [5.74, 6) is 5.05. The van der Waals surface area contributed by atoms with E-state index in [0.29, 0.717) is 0 Å². The van der Waals surface area contributed by atoms with Crippen LogP contribution < -0.4 is 5.84 Å². The maximum absolute atomic E-state index is 10.8. The van der Waals surface area contributed by atoms with Gasteiger partial charge in [0.1, 0.15) is 6.61 Å². The first-order chi connectivity index (χ1) is 7.59. The summed E-state index contributed by atoms with van der Waals surface area (Å²) in [4.78, 5) is 28.9. The predicted molar refractivity (Wildman–Crippen MR) is 50.7 cm³/mol. The zero-order valence-electron chi connectivity index (χ0n) is 8.11. The van der Waals surface area contributed by atoms with Gasteiger partial charge < -0.3 is 0 Å². The molecular formula is C8H9N3O5. The Morgan fingerprint density at radius 2 is 2.06 bits per heavy atom. The van der Waals surface area contributed by atoms with Crippen LogP contribution in [-0.2, 0) is 16.3 Å². The second-order valence-electron chi connectivity index (χ2n) is 2.67. The molecule has 86 valence electrons. The number of benzene rings is 1. The molecule has 0 aliphatic rings. The molecule has 0 unspecified atom stereocenters. The van der Waals surface area contributed by atoms with Crippen molar-refractivity contribution in [3.05, 3.63) is 46.0 Å². The van der Waals surface area contributed by atoms with Gasteiger partial charge in [-0.2, -0.15) is 0 Å². The quantitative estimate of drug-likeness (QED) is 0.349. The third-order valence-corrected chi connectivity index (χ3v) is 1.55. The van der Waals surface area contributed by atoms with E-state index in [4.69, 9.17) is 10.7 Å². The third-order valence-electron chi connectivity index (χ3n) is 1.55. The first-order valence-electron chi connectivity index (χ1n) is 4.17. The maximum atomic E-state index is 10.8. The van der Waals surface area contributed by atoms with Crippen LogP contribution in [0.15, 0.2) is 30.3 Å². The fourth-order valence-electron chi connectivity index (χ4n) is 0.875. The number of carbonyl (C=O) groups excluding carboxylic acids is 1. The number of nitrogens with two attached hydrogens (primary N) is 1. The van der Waals surface area contributed by atoms with Crippen molar-refractivity contribution in [1.29, 1.82) is 0 Å². The number of hydroxylamine groups is 1. The molecule has 0 bridgehead atoms. The Balaban J connectivity index is 2.38. The van der Waals surface area contributed by atoms with E-state index in [1.165, 1.54) is 0 Å². The van der Waals surface area contributed by atoms with Crippen LogP contribution in [0.2, 0.25) is 0 Å². The summed E-state index contributed by atoms with van der Waals surface area (Å²) >= 11 is 0. The van der Waals surface area contributed by atoms with E-state index in [-0.39, 0.29) is 11.8 Å². The lowest BCUT2D eigenvalue weighted by atomic mass is 10.2. The van der Waals surface area contributed by atoms with Gasteiger partial charge in [0.15, 0.2) is 0 Å². The summed E-state index contributed by atoms with van der Waals surface area (Å²) in [6.45, 7) is 0.00412. The Morgan fingerprint density at radius 3 is 2.62 bits per heavy atom. The molecule has 0 aromatic heterocycles. The fraction of sp³-hybridized carbons (Fsp3) is 0.125. The van der Waals surface area contributed by atoms with Crippen molar-refractivity contribution < 1.29 is 19.6 Å². The molecular weight excluding hydrogens is 218 g/mol. The minimum atomic E-state index is -1.40. The Morgan fingerprint density at radius 1 is 1.44 bits per heavy atom. The fourth-order valence-corrected chi connectivity index (χ4v) is 0.875. The molecule has 0 saturated heterocycles. The van der Waals surface area contributed by atoms with Crippen LogP contribution in [0.1, 0.15) is 5.56 Å². The second-order valence-corrected chi connectivity index (χ2v) is 2.67. The normalized spacial score (nSPS) is 9.56. The molecule has 2 N–H and O–H groups in total. The van der Waals surface area contributed by atoms with Gasteiger partial charge in [-0.05, 0) is 5.56 Å². The first kappa shape index (κ1) is 11.9. The lowest BCUT2D eigenvalue weighted by Gasteiger charge is -2.13. The summed E-state index contributed by atoms with van der Waals surface area (Å²) in [7, 11) is 0. The molecule has 8 heteroatoms. The summed E-state index contributed by atoms with van der Waals surface area (Å²) in [6, 6.07) is 8.84. The van der Waals surface area contributed by atoms with Gasteiger partial charge in [-0.15, -0.1) is 15.3 Å². The highest BCUT2D eigenvalue weighted by atomic mass is 17.0. The number of hydrogen-bond acceptors (Lipinski definition) is 6. The smallest absolute Gasteiger partial charge is 0.249 e. The summed E-state index contributed by atoms with van der Waals surface area (Å²) in [5, 5.41) is 8.71. The summed E-state index contributed by atoms with van der Waals surface area (Å²) < 4.78 is 0. The van der Waals surface area contributed by atoms with Crippen LogP contribution in [-0.4, -0.2) is 16.4 Å². The van der Waals surface area contributed by atoms with Crippen molar-refractivity contribution in [2.24, 2.45) is 5.84 Å². The lowest BCUT2D eigenvalue weighted by molar-refractivity contribution is -0.730. The zero-order valence-corrected chi connectivity index (χ0v) is 8.11. The van der Waals surface area contributed by atoms with Crippen molar-refractivity contribution in [2.75, 3.05) is 0 Å². The van der Waals surface area contributed by atoms with Crippen molar-refractivity contribution in [2.45, 2.75) is 6.61 Å². The standard InChI is InChI=1S/C8H9N3O5/c9-10(8(12)16-11(13)14)15-6-7-4-2-1-3-5-7/h1-5H,6,9H2. The van der Waals surface area contributed by atoms with E-state index in [2.05, 4.69) is 4.84 Å². The van der Waals surface area contributed by atoms with Gasteiger partial charge in [0.05, 0.1) is 0 Å². The third kappa shape index (κ3) is 3.90. The minimum Gasteiger partial charge on any atom is -0.249 e. The number of nitrogens with zero attached hydrogens (tertiary/aromatic N) is 2. The average molecular weight is 227 g/mol. The Hall–Kier alpha value is -2.19. The topological polar surface area (TPSA) is 108 Å². The van der Waals surface area contributed by atoms with Crippen molar-refractivity contribution in [3.63, 3.8) is 0 Å². The highest BCUT2D eigenvalue weighted by Gasteiger charge is 2.14. The Bertz CT molecular complexity index is 369. The molecule has 1 aromatic carbocycles. The van der Waals surface area contributed by atoms with Crippen molar-refractivity contribution in [3.8, 4) is 0 Å². The minimum absolute atomic E-state index is 0.00412. The molecule has 8 nitrogen and oxygen atoms in total. The largest absolute Gasteiger partial charge is 0.437 e. The first-order valence-corrected chi connectivity index (χ1v) is 4.17. The van der Waals surface area contributed by atoms with E-state index >= 15 is 0 Å². The Labute approximate surface area is 90.2 Å². The van der Waals surface area contributed by atoms with E-state index in [1.807, 2.05) is 6.07 Å². The molecule has 0 saturated carbocycles. The van der Waals surface area contributed by atoms with E-state index < -0.39 is 11.2 Å². The van der Waals surface area contributed by atoms with Gasteiger partial charge in [-0.3, -0.25) is 0 Å². The highest BCUT2D eigenvalue weighted by molar-refractivity contribution is 5.64. The van der Waals surface area contributed by atoms with Crippen LogP contribution in [0.4, 0.5) is 4.79 Å². The summed E-state index contributed by atoms with van der Waals surface area (Å²) in [5.41, 5.74) is 0.756. The molecule has 1 aromatic rings. The van der Waals surface area contributed by atoms with Crippen molar-refractivity contribution >= 4 is 6.09 Å². The Kier molecular flexibility index (Phi) is 4.18. The number of rotatable bonds is 4. The number of hydrazine groups is 1. The molecule has 0 spiro atoms. The van der Waals surface area contributed by atoms with Gasteiger partial charge in [-0.1, -0.05) is 30.3 Å². The SMILES string of the molecule is NN(OCc1ccccc1)C(=O)O[N+](=O)[O-]. The van der Waals surface area contributed by atoms with Gasteiger partial charge in [0.25, 0.3) is 0 Å². The molecule has 0 fully saturated rings. The molecule has 0 atom stereocenters. The van der Waals surface area contributed by atoms with Crippen LogP contribution in [0.3, 0.4) is 0 Å². The molecule has 0 aliphatic heterocycles. The predicted octanol–water partition coefficient (Wildman–Crippen LogP) is 0.622. The van der Waals surface area contributed by atoms with Crippen LogP contribution in [0.25, 0.3) is 0 Å². The van der Waals surface area contributed by atoms with E-state index in [1.54, 1.807) is 24.3 Å². The molecule has 0 heterocycles. The highest BCUT2D eigenvalue weighted by Crippen LogP contribution is 2.01. The number of hydrogen-bond donors (Lipinski definition) is 1. The van der Waals surface area contributed by atoms with Crippen LogP contribution in [0, 0.1) is 10.1 Å². The second kappa shape index (κ2) is 5.63. The summed E-state index contributed by atoms with van der Waals surface area (Å²) in [6.07, 6.45) is -1.40. The molecule has 16 heavy (non-hydrogen) atoms. The van der Waals surface area contributed by atoms with Gasteiger partial charge in [0, 0.05) is 0 Å².